The van der Waals surface area contributed by atoms with Crippen molar-refractivity contribution in [3.05, 3.63) is 223 Å². The van der Waals surface area contributed by atoms with E-state index in [9.17, 15) is 10.5 Å². The van der Waals surface area contributed by atoms with Crippen LogP contribution >= 0.6 is 0 Å². The predicted molar refractivity (Wildman–Crippen MR) is 256 cm³/mol. The molecule has 0 N–H and O–H groups in total. The molecule has 0 aliphatic carbocycles. The third-order valence-corrected chi connectivity index (χ3v) is 17.7. The molecule has 0 bridgehead atoms. The fourth-order valence-corrected chi connectivity index (χ4v) is 15.5. The summed E-state index contributed by atoms with van der Waals surface area (Å²) in [5, 5.41) is 31.1. The number of para-hydroxylation sites is 5. The molecule has 0 radical (unpaired) electrons. The number of hydrogen-bond donors (Lipinski definition) is 0. The molecule has 3 heterocycles. The molecule has 1 aliphatic heterocycles. The average Bonchev–Trinajstić information content (AvgIpc) is 3.86. The van der Waals surface area contributed by atoms with E-state index < -0.39 is 8.07 Å². The molecule has 2 aromatic heterocycles. The molecule has 12 rings (SSSR count). The van der Waals surface area contributed by atoms with E-state index in [1.807, 2.05) is 12.1 Å². The van der Waals surface area contributed by atoms with Gasteiger partial charge in [0, 0.05) is 44.3 Å². The summed E-state index contributed by atoms with van der Waals surface area (Å²) in [5.74, 6) is 0. The Hall–Kier alpha value is -8.42. The van der Waals surface area contributed by atoms with Gasteiger partial charge in [-0.15, -0.1) is 0 Å². The topological polar surface area (TPSA) is 60.7 Å². The molecular formula is C56H35N5Si. The second-order valence-electron chi connectivity index (χ2n) is 15.9. The Morgan fingerprint density at radius 1 is 0.355 bits per heavy atom. The van der Waals surface area contributed by atoms with E-state index in [1.54, 1.807) is 6.07 Å². The smallest absolute Gasteiger partial charge is 0.184 e. The number of nitriles is 2. The summed E-state index contributed by atoms with van der Waals surface area (Å²) in [7, 11) is -3.30. The van der Waals surface area contributed by atoms with Crippen LogP contribution in [0, 0.1) is 22.7 Å². The Morgan fingerprint density at radius 3 is 1.08 bits per heavy atom. The lowest BCUT2D eigenvalue weighted by Gasteiger charge is -2.45. The van der Waals surface area contributed by atoms with E-state index in [-0.39, 0.29) is 0 Å². The van der Waals surface area contributed by atoms with Crippen molar-refractivity contribution in [1.82, 2.24) is 9.13 Å². The maximum absolute atomic E-state index is 10.8. The number of fused-ring (bicyclic) bond motifs is 8. The van der Waals surface area contributed by atoms with Gasteiger partial charge in [-0.3, -0.25) is 0 Å². The summed E-state index contributed by atoms with van der Waals surface area (Å²) >= 11 is 0. The summed E-state index contributed by atoms with van der Waals surface area (Å²) in [6, 6.07) is 80.6. The van der Waals surface area contributed by atoms with Crippen LogP contribution in [0.25, 0.3) is 55.0 Å². The zero-order chi connectivity index (χ0) is 41.4. The molecular weight excluding hydrogens is 771 g/mol. The van der Waals surface area contributed by atoms with E-state index in [0.29, 0.717) is 16.8 Å². The Kier molecular flexibility index (Phi) is 7.92. The van der Waals surface area contributed by atoms with Crippen LogP contribution in [-0.2, 0) is 0 Å². The molecule has 0 atom stereocenters. The molecule has 62 heavy (non-hydrogen) atoms. The summed E-state index contributed by atoms with van der Waals surface area (Å²) in [4.78, 5) is 2.20. The monoisotopic (exact) mass is 805 g/mol. The number of nitrogens with zero attached hydrogens (tertiary/aromatic N) is 5. The molecule has 5 nitrogen and oxygen atoms in total. The zero-order valence-electron chi connectivity index (χ0n) is 33.4. The number of aromatic nitrogens is 2. The Morgan fingerprint density at radius 2 is 0.710 bits per heavy atom. The predicted octanol–water partition coefficient (Wildman–Crippen LogP) is 10.8. The Bertz CT molecular complexity index is 3340. The highest BCUT2D eigenvalue weighted by Gasteiger charge is 2.50. The van der Waals surface area contributed by atoms with E-state index >= 15 is 0 Å². The van der Waals surface area contributed by atoms with E-state index in [1.165, 1.54) is 31.9 Å². The van der Waals surface area contributed by atoms with E-state index in [4.69, 9.17) is 0 Å². The van der Waals surface area contributed by atoms with Crippen molar-refractivity contribution in [2.45, 2.75) is 0 Å². The van der Waals surface area contributed by atoms with Crippen LogP contribution in [0.2, 0.25) is 0 Å². The van der Waals surface area contributed by atoms with Crippen LogP contribution in [0.1, 0.15) is 11.1 Å². The minimum atomic E-state index is -3.30. The minimum Gasteiger partial charge on any atom is -0.309 e. The first-order valence-corrected chi connectivity index (χ1v) is 22.8. The van der Waals surface area contributed by atoms with Gasteiger partial charge < -0.3 is 14.0 Å². The maximum atomic E-state index is 10.8. The molecule has 0 amide bonds. The van der Waals surface area contributed by atoms with Gasteiger partial charge in [-0.05, 0) is 93.5 Å². The largest absolute Gasteiger partial charge is 0.309 e. The zero-order valence-corrected chi connectivity index (χ0v) is 34.4. The van der Waals surface area contributed by atoms with Gasteiger partial charge in [0.1, 0.15) is 12.1 Å². The fraction of sp³-hybridized carbons (Fsp3) is 0. The molecule has 0 fully saturated rings. The van der Waals surface area contributed by atoms with Gasteiger partial charge in [0.05, 0.1) is 38.9 Å². The van der Waals surface area contributed by atoms with E-state index in [0.717, 1.165) is 55.2 Å². The number of hydrogen-bond acceptors (Lipinski definition) is 3. The van der Waals surface area contributed by atoms with Crippen LogP contribution in [0.3, 0.4) is 0 Å². The first kappa shape index (κ1) is 35.5. The van der Waals surface area contributed by atoms with Gasteiger partial charge in [-0.25, -0.2) is 0 Å². The molecule has 6 heteroatoms. The van der Waals surface area contributed by atoms with Crippen molar-refractivity contribution in [3.8, 4) is 23.5 Å². The minimum absolute atomic E-state index is 0.437. The quantitative estimate of drug-likeness (QED) is 0.163. The second-order valence-corrected chi connectivity index (χ2v) is 19.6. The number of rotatable bonds is 5. The Labute approximate surface area is 359 Å². The van der Waals surface area contributed by atoms with Crippen LogP contribution in [0.5, 0.6) is 0 Å². The van der Waals surface area contributed by atoms with Crippen molar-refractivity contribution in [2.75, 3.05) is 4.90 Å². The Balaban J connectivity index is 1.27. The third kappa shape index (κ3) is 4.93. The lowest BCUT2D eigenvalue weighted by Crippen LogP contribution is -2.77. The highest BCUT2D eigenvalue weighted by Crippen LogP contribution is 2.44. The van der Waals surface area contributed by atoms with Crippen LogP contribution in [-0.4, -0.2) is 17.2 Å². The summed E-state index contributed by atoms with van der Waals surface area (Å²) in [6.45, 7) is 0. The highest BCUT2D eigenvalue weighted by molar-refractivity contribution is 7.21. The summed E-state index contributed by atoms with van der Waals surface area (Å²) in [5.41, 5.74) is 9.95. The van der Waals surface area contributed by atoms with Gasteiger partial charge in [0.15, 0.2) is 8.07 Å². The highest BCUT2D eigenvalue weighted by atomic mass is 28.3. The molecule has 0 saturated carbocycles. The lowest BCUT2D eigenvalue weighted by molar-refractivity contribution is 1.17. The van der Waals surface area contributed by atoms with Gasteiger partial charge >= 0.3 is 0 Å². The SMILES string of the molecule is N#Cc1cccc(C#N)c1N1c2ccc(-n3c4ccccc4c4ccccc43)cc2[Si](c2ccccc2)(c2ccccc2)c2cc(-n3c4ccccc4c4ccccc43)ccc21. The molecule has 11 aromatic rings. The van der Waals surface area contributed by atoms with Crippen molar-refractivity contribution < 1.29 is 0 Å². The van der Waals surface area contributed by atoms with Crippen LogP contribution in [0.4, 0.5) is 17.1 Å². The van der Waals surface area contributed by atoms with Crippen LogP contribution in [0.15, 0.2) is 212 Å². The molecule has 0 unspecified atom stereocenters. The van der Waals surface area contributed by atoms with Crippen molar-refractivity contribution >= 4 is 89.5 Å². The van der Waals surface area contributed by atoms with Gasteiger partial charge in [-0.2, -0.15) is 10.5 Å². The van der Waals surface area contributed by atoms with Crippen molar-refractivity contribution in [1.29, 1.82) is 10.5 Å². The van der Waals surface area contributed by atoms with E-state index in [2.05, 4.69) is 220 Å². The molecule has 9 aromatic carbocycles. The number of anilines is 3. The van der Waals surface area contributed by atoms with Crippen molar-refractivity contribution in [2.24, 2.45) is 0 Å². The third-order valence-electron chi connectivity index (χ3n) is 12.8. The van der Waals surface area contributed by atoms with Gasteiger partial charge in [0.25, 0.3) is 0 Å². The standard InChI is InChI=1S/C56H35N5Si/c57-36-38-16-15-17-39(37-58)56(38)61-52-32-30-40(59-48-26-11-7-22-44(48)45-23-8-12-27-49(45)59)34-54(52)62(42-18-3-1-4-19-42,43-20-5-2-6-21-43)55-35-41(31-33-53(55)61)60-50-28-13-9-24-46(50)47-25-10-14-29-51(47)60/h1-35H. The molecule has 1 aliphatic rings. The molecule has 288 valence electrons. The normalized spacial score (nSPS) is 12.9. The van der Waals surface area contributed by atoms with Crippen molar-refractivity contribution in [3.63, 3.8) is 0 Å². The summed E-state index contributed by atoms with van der Waals surface area (Å²) < 4.78 is 4.77. The second kappa shape index (κ2) is 13.8. The van der Waals surface area contributed by atoms with Gasteiger partial charge in [0.2, 0.25) is 0 Å². The first-order valence-electron chi connectivity index (χ1n) is 20.8. The maximum Gasteiger partial charge on any atom is 0.184 e. The lowest BCUT2D eigenvalue weighted by atomic mass is 10.0. The van der Waals surface area contributed by atoms with Crippen LogP contribution < -0.4 is 25.6 Å². The first-order chi connectivity index (χ1) is 30.7. The fourth-order valence-electron chi connectivity index (χ4n) is 10.4. The van der Waals surface area contributed by atoms with Gasteiger partial charge in [-0.1, -0.05) is 140 Å². The molecule has 0 saturated heterocycles. The average molecular weight is 806 g/mol. The number of benzene rings is 9. The molecule has 0 spiro atoms. The summed E-state index contributed by atoms with van der Waals surface area (Å²) in [6.07, 6.45) is 0.